The van der Waals surface area contributed by atoms with Gasteiger partial charge in [0.25, 0.3) is 5.91 Å². The molecule has 0 aliphatic carbocycles. The number of nitrogens with one attached hydrogen (secondary N) is 1. The van der Waals surface area contributed by atoms with Crippen molar-refractivity contribution < 1.29 is 14.5 Å². The van der Waals surface area contributed by atoms with Crippen molar-refractivity contribution >= 4 is 27.5 Å². The quantitative estimate of drug-likeness (QED) is 0.511. The van der Waals surface area contributed by atoms with E-state index in [9.17, 15) is 14.9 Å². The lowest BCUT2D eigenvalue weighted by Gasteiger charge is -2.23. The largest absolute Gasteiger partial charge is 0.490 e. The second-order valence-electron chi connectivity index (χ2n) is 4.59. The third-order valence-electron chi connectivity index (χ3n) is 2.43. The molecular formula is C12H15BrN2O4. The van der Waals surface area contributed by atoms with Gasteiger partial charge in [-0.25, -0.2) is 0 Å². The molecule has 0 bridgehead atoms. The van der Waals surface area contributed by atoms with Crippen LogP contribution in [-0.4, -0.2) is 28.8 Å². The van der Waals surface area contributed by atoms with Gasteiger partial charge in [0, 0.05) is 16.9 Å². The zero-order chi connectivity index (χ0) is 14.6. The Morgan fingerprint density at radius 1 is 1.53 bits per heavy atom. The van der Waals surface area contributed by atoms with Crippen LogP contribution >= 0.6 is 15.9 Å². The van der Waals surface area contributed by atoms with Gasteiger partial charge >= 0.3 is 5.69 Å². The van der Waals surface area contributed by atoms with Crippen LogP contribution in [0.3, 0.4) is 0 Å². The van der Waals surface area contributed by atoms with Gasteiger partial charge < -0.3 is 10.1 Å². The molecule has 1 aromatic rings. The van der Waals surface area contributed by atoms with E-state index in [0.717, 1.165) is 0 Å². The molecule has 7 heteroatoms. The minimum absolute atomic E-state index is 0.0321. The maximum absolute atomic E-state index is 12.1. The summed E-state index contributed by atoms with van der Waals surface area (Å²) >= 11 is 3.29. The molecule has 0 unspecified atom stereocenters. The molecule has 1 N–H and O–H groups in total. The molecule has 104 valence electrons. The molecule has 0 aliphatic heterocycles. The van der Waals surface area contributed by atoms with Gasteiger partial charge in [-0.15, -0.1) is 0 Å². The second-order valence-corrected chi connectivity index (χ2v) is 5.15. The Labute approximate surface area is 119 Å². The molecule has 0 saturated heterocycles. The van der Waals surface area contributed by atoms with Crippen LogP contribution in [0, 0.1) is 10.1 Å². The summed E-state index contributed by atoms with van der Waals surface area (Å²) in [4.78, 5) is 22.4. The highest BCUT2D eigenvalue weighted by molar-refractivity contribution is 9.09. The average molecular weight is 331 g/mol. The van der Waals surface area contributed by atoms with Gasteiger partial charge in [-0.1, -0.05) is 22.0 Å². The number of alkyl halides is 1. The number of amides is 1. The molecule has 6 nitrogen and oxygen atoms in total. The van der Waals surface area contributed by atoms with E-state index < -0.39 is 16.4 Å². The second kappa shape index (κ2) is 6.01. The average Bonchev–Trinajstić information content (AvgIpc) is 2.37. The third-order valence-corrected chi connectivity index (χ3v) is 3.83. The Hall–Kier alpha value is -1.63. The number of nitro groups is 1. The SMILES string of the molecule is COc1c(C(=O)NC(C)(C)CBr)cccc1[N+](=O)[O-]. The van der Waals surface area contributed by atoms with Gasteiger partial charge in [0.1, 0.15) is 0 Å². The van der Waals surface area contributed by atoms with Crippen molar-refractivity contribution in [3.8, 4) is 5.75 Å². The van der Waals surface area contributed by atoms with Crippen molar-refractivity contribution in [1.82, 2.24) is 5.32 Å². The standard InChI is InChI=1S/C12H15BrN2O4/c1-12(2,7-13)14-11(16)8-5-4-6-9(15(17)18)10(8)19-3/h4-6H,7H2,1-3H3,(H,14,16). The summed E-state index contributed by atoms with van der Waals surface area (Å²) in [5.41, 5.74) is -0.551. The van der Waals surface area contributed by atoms with Crippen molar-refractivity contribution in [3.05, 3.63) is 33.9 Å². The summed E-state index contributed by atoms with van der Waals surface area (Å²) in [6, 6.07) is 4.24. The van der Waals surface area contributed by atoms with Gasteiger partial charge in [-0.3, -0.25) is 14.9 Å². The predicted molar refractivity (Wildman–Crippen MR) is 75.0 cm³/mol. The van der Waals surface area contributed by atoms with Crippen LogP contribution in [0.5, 0.6) is 5.75 Å². The van der Waals surface area contributed by atoms with Crippen molar-refractivity contribution in [2.24, 2.45) is 0 Å². The molecule has 0 atom stereocenters. The van der Waals surface area contributed by atoms with E-state index in [0.29, 0.717) is 5.33 Å². The Morgan fingerprint density at radius 3 is 2.63 bits per heavy atom. The van der Waals surface area contributed by atoms with Crippen LogP contribution in [0.1, 0.15) is 24.2 Å². The topological polar surface area (TPSA) is 81.5 Å². The number of halogens is 1. The fourth-order valence-electron chi connectivity index (χ4n) is 1.47. The lowest BCUT2D eigenvalue weighted by Crippen LogP contribution is -2.44. The monoisotopic (exact) mass is 330 g/mol. The first kappa shape index (κ1) is 15.4. The molecule has 1 amide bonds. The zero-order valence-electron chi connectivity index (χ0n) is 10.9. The molecule has 0 aromatic heterocycles. The lowest BCUT2D eigenvalue weighted by molar-refractivity contribution is -0.385. The van der Waals surface area contributed by atoms with Gasteiger partial charge in [0.15, 0.2) is 0 Å². The van der Waals surface area contributed by atoms with Crippen LogP contribution in [0.25, 0.3) is 0 Å². The number of para-hydroxylation sites is 1. The number of carbonyl (C=O) groups excluding carboxylic acids is 1. The summed E-state index contributed by atoms with van der Waals surface area (Å²) in [6.45, 7) is 3.67. The van der Waals surface area contributed by atoms with Gasteiger partial charge in [-0.2, -0.15) is 0 Å². The molecular weight excluding hydrogens is 316 g/mol. The Balaban J connectivity index is 3.17. The van der Waals surface area contributed by atoms with Crippen molar-refractivity contribution in [1.29, 1.82) is 0 Å². The molecule has 0 heterocycles. The van der Waals surface area contributed by atoms with Crippen molar-refractivity contribution in [2.75, 3.05) is 12.4 Å². The molecule has 0 radical (unpaired) electrons. The number of nitrogens with zero attached hydrogens (tertiary/aromatic N) is 1. The molecule has 1 aromatic carbocycles. The highest BCUT2D eigenvalue weighted by Crippen LogP contribution is 2.30. The highest BCUT2D eigenvalue weighted by atomic mass is 79.9. The number of rotatable bonds is 5. The summed E-state index contributed by atoms with van der Waals surface area (Å²) in [5, 5.41) is 14.2. The zero-order valence-corrected chi connectivity index (χ0v) is 12.5. The van der Waals surface area contributed by atoms with Gasteiger partial charge in [0.05, 0.1) is 17.6 Å². The first-order chi connectivity index (χ1) is 8.82. The number of methoxy groups -OCH3 is 1. The van der Waals surface area contributed by atoms with Crippen LogP contribution in [0.2, 0.25) is 0 Å². The van der Waals surface area contributed by atoms with Crippen LogP contribution in [0.4, 0.5) is 5.69 Å². The molecule has 0 saturated carbocycles. The summed E-state index contributed by atoms with van der Waals surface area (Å²) in [5.74, 6) is -0.444. The van der Waals surface area contributed by atoms with E-state index in [2.05, 4.69) is 21.2 Å². The van der Waals surface area contributed by atoms with Crippen molar-refractivity contribution in [2.45, 2.75) is 19.4 Å². The number of carbonyl (C=O) groups is 1. The van der Waals surface area contributed by atoms with Crippen molar-refractivity contribution in [3.63, 3.8) is 0 Å². The van der Waals surface area contributed by atoms with Crippen LogP contribution < -0.4 is 10.1 Å². The summed E-state index contributed by atoms with van der Waals surface area (Å²) in [7, 11) is 1.30. The van der Waals surface area contributed by atoms with E-state index in [-0.39, 0.29) is 17.0 Å². The third kappa shape index (κ3) is 3.66. The number of benzene rings is 1. The Morgan fingerprint density at radius 2 is 2.16 bits per heavy atom. The minimum atomic E-state index is -0.578. The smallest absolute Gasteiger partial charge is 0.311 e. The van der Waals surface area contributed by atoms with Crippen LogP contribution in [-0.2, 0) is 0 Å². The normalized spacial score (nSPS) is 10.9. The van der Waals surface area contributed by atoms with E-state index in [4.69, 9.17) is 4.74 Å². The summed E-state index contributed by atoms with van der Waals surface area (Å²) in [6.07, 6.45) is 0. The number of hydrogen-bond donors (Lipinski definition) is 1. The predicted octanol–water partition coefficient (Wildman–Crippen LogP) is 2.51. The highest BCUT2D eigenvalue weighted by Gasteiger charge is 2.26. The molecule has 0 aliphatic rings. The van der Waals surface area contributed by atoms with E-state index in [1.54, 1.807) is 0 Å². The fraction of sp³-hybridized carbons (Fsp3) is 0.417. The molecule has 1 rings (SSSR count). The van der Waals surface area contributed by atoms with Crippen LogP contribution in [0.15, 0.2) is 18.2 Å². The first-order valence-corrected chi connectivity index (χ1v) is 6.64. The summed E-state index contributed by atoms with van der Waals surface area (Å²) < 4.78 is 4.99. The van der Waals surface area contributed by atoms with E-state index in [1.165, 1.54) is 25.3 Å². The number of nitro benzene ring substituents is 1. The Bertz CT molecular complexity index is 503. The fourth-order valence-corrected chi connectivity index (χ4v) is 1.61. The molecule has 0 spiro atoms. The molecule has 19 heavy (non-hydrogen) atoms. The maximum atomic E-state index is 12.1. The lowest BCUT2D eigenvalue weighted by atomic mass is 10.1. The minimum Gasteiger partial charge on any atom is -0.490 e. The van der Waals surface area contributed by atoms with E-state index >= 15 is 0 Å². The number of ether oxygens (including phenoxy) is 1. The van der Waals surface area contributed by atoms with Gasteiger partial charge in [0.2, 0.25) is 5.75 Å². The van der Waals surface area contributed by atoms with Gasteiger partial charge in [-0.05, 0) is 19.9 Å². The Kier molecular flexibility index (Phi) is 4.88. The first-order valence-electron chi connectivity index (χ1n) is 5.52. The van der Waals surface area contributed by atoms with E-state index in [1.807, 2.05) is 13.8 Å². The molecule has 0 fully saturated rings. The maximum Gasteiger partial charge on any atom is 0.311 e. The number of hydrogen-bond acceptors (Lipinski definition) is 4.